The Morgan fingerprint density at radius 2 is 2.12 bits per heavy atom. The number of carbonyl (C=O) groups is 2. The van der Waals surface area contributed by atoms with Gasteiger partial charge in [-0.2, -0.15) is 0 Å². The second kappa shape index (κ2) is 8.14. The molecule has 2 aromatic heterocycles. The van der Waals surface area contributed by atoms with Crippen molar-refractivity contribution >= 4 is 11.8 Å². The summed E-state index contributed by atoms with van der Waals surface area (Å²) in [5, 5.41) is 5.51. The number of hydrogen-bond acceptors (Lipinski definition) is 5. The fraction of sp³-hybridized carbons (Fsp3) is 0.353. The number of rotatable bonds is 7. The van der Waals surface area contributed by atoms with Gasteiger partial charge in [-0.15, -0.1) is 0 Å². The number of ether oxygens (including phenoxy) is 1. The third-order valence-corrected chi connectivity index (χ3v) is 3.46. The Labute approximate surface area is 140 Å². The molecule has 1 atom stereocenters. The molecule has 2 aromatic rings. The topological polar surface area (TPSA) is 93.5 Å². The second-order valence-electron chi connectivity index (χ2n) is 5.60. The highest BCUT2D eigenvalue weighted by Crippen LogP contribution is 2.09. The van der Waals surface area contributed by atoms with Crippen LogP contribution >= 0.6 is 0 Å². The van der Waals surface area contributed by atoms with E-state index in [2.05, 4.69) is 15.6 Å². The zero-order valence-corrected chi connectivity index (χ0v) is 13.9. The lowest BCUT2D eigenvalue weighted by atomic mass is 10.0. The van der Waals surface area contributed by atoms with Crippen molar-refractivity contribution in [3.8, 4) is 5.88 Å². The van der Waals surface area contributed by atoms with Crippen LogP contribution in [0.4, 0.5) is 0 Å². The minimum absolute atomic E-state index is 0.0733. The molecule has 1 unspecified atom stereocenters. The molecule has 0 aromatic carbocycles. The minimum atomic E-state index is -0.661. The van der Waals surface area contributed by atoms with Crippen molar-refractivity contribution in [1.29, 1.82) is 0 Å². The van der Waals surface area contributed by atoms with E-state index in [1.165, 1.54) is 13.4 Å². The van der Waals surface area contributed by atoms with Crippen molar-refractivity contribution in [3.63, 3.8) is 0 Å². The Kier molecular flexibility index (Phi) is 5.95. The fourth-order valence-corrected chi connectivity index (χ4v) is 2.13. The van der Waals surface area contributed by atoms with Crippen molar-refractivity contribution in [2.75, 3.05) is 7.11 Å². The van der Waals surface area contributed by atoms with E-state index in [1.54, 1.807) is 30.5 Å². The summed E-state index contributed by atoms with van der Waals surface area (Å²) >= 11 is 0. The van der Waals surface area contributed by atoms with Gasteiger partial charge in [0.1, 0.15) is 6.04 Å². The molecule has 0 saturated carbocycles. The number of carbonyl (C=O) groups excluding carboxylic acids is 2. The van der Waals surface area contributed by atoms with E-state index in [4.69, 9.17) is 9.15 Å². The Bertz CT molecular complexity index is 683. The molecular formula is C17H21N3O4. The molecule has 0 spiro atoms. The quantitative estimate of drug-likeness (QED) is 0.806. The molecule has 2 rings (SSSR count). The highest BCUT2D eigenvalue weighted by atomic mass is 16.5. The largest absolute Gasteiger partial charge is 0.481 e. The highest BCUT2D eigenvalue weighted by Gasteiger charge is 2.25. The Morgan fingerprint density at radius 1 is 1.33 bits per heavy atom. The second-order valence-corrected chi connectivity index (χ2v) is 5.60. The molecule has 7 nitrogen and oxygen atoms in total. The van der Waals surface area contributed by atoms with E-state index in [1.807, 2.05) is 13.8 Å². The van der Waals surface area contributed by atoms with Crippen LogP contribution in [0, 0.1) is 5.92 Å². The smallest absolute Gasteiger partial charge is 0.287 e. The number of hydrogen-bond donors (Lipinski definition) is 2. The van der Waals surface area contributed by atoms with Crippen LogP contribution in [0.1, 0.15) is 30.0 Å². The third kappa shape index (κ3) is 4.58. The lowest BCUT2D eigenvalue weighted by Crippen LogP contribution is -2.49. The first-order valence-corrected chi connectivity index (χ1v) is 7.62. The number of pyridine rings is 1. The number of nitrogens with zero attached hydrogens (tertiary/aromatic N) is 1. The predicted octanol–water partition coefficient (Wildman–Crippen LogP) is 1.75. The van der Waals surface area contributed by atoms with Gasteiger partial charge in [0.2, 0.25) is 11.8 Å². The predicted molar refractivity (Wildman–Crippen MR) is 87.4 cm³/mol. The molecule has 0 fully saturated rings. The van der Waals surface area contributed by atoms with Gasteiger partial charge in [0.25, 0.3) is 5.91 Å². The van der Waals surface area contributed by atoms with E-state index in [0.29, 0.717) is 12.4 Å². The summed E-state index contributed by atoms with van der Waals surface area (Å²) in [4.78, 5) is 28.5. The summed E-state index contributed by atoms with van der Waals surface area (Å²) in [7, 11) is 1.53. The maximum absolute atomic E-state index is 12.4. The average Bonchev–Trinajstić information content (AvgIpc) is 3.12. The number of furan rings is 1. The first kappa shape index (κ1) is 17.5. The zero-order valence-electron chi connectivity index (χ0n) is 13.9. The van der Waals surface area contributed by atoms with Crippen molar-refractivity contribution in [1.82, 2.24) is 15.6 Å². The third-order valence-electron chi connectivity index (χ3n) is 3.46. The van der Waals surface area contributed by atoms with Gasteiger partial charge in [0, 0.05) is 18.8 Å². The molecule has 2 amide bonds. The van der Waals surface area contributed by atoms with Crippen LogP contribution in [0.25, 0.3) is 0 Å². The van der Waals surface area contributed by atoms with Crippen molar-refractivity contribution in [2.24, 2.45) is 5.92 Å². The fourth-order valence-electron chi connectivity index (χ4n) is 2.13. The van der Waals surface area contributed by atoms with Crippen molar-refractivity contribution in [2.45, 2.75) is 26.4 Å². The zero-order chi connectivity index (χ0) is 17.5. The molecule has 128 valence electrons. The van der Waals surface area contributed by atoms with Gasteiger partial charge in [0.15, 0.2) is 5.76 Å². The van der Waals surface area contributed by atoms with Crippen LogP contribution in [0.15, 0.2) is 41.1 Å². The first-order chi connectivity index (χ1) is 11.5. The van der Waals surface area contributed by atoms with Gasteiger partial charge >= 0.3 is 0 Å². The molecule has 0 aliphatic heterocycles. The molecule has 0 radical (unpaired) electrons. The number of amides is 2. The summed E-state index contributed by atoms with van der Waals surface area (Å²) in [6.45, 7) is 4.04. The summed E-state index contributed by atoms with van der Waals surface area (Å²) in [6.07, 6.45) is 3.02. The van der Waals surface area contributed by atoms with E-state index in [0.717, 1.165) is 5.56 Å². The van der Waals surface area contributed by atoms with Crippen LogP contribution < -0.4 is 15.4 Å². The Hall–Kier alpha value is -2.83. The van der Waals surface area contributed by atoms with Crippen LogP contribution in [0.2, 0.25) is 0 Å². The van der Waals surface area contributed by atoms with Gasteiger partial charge in [0.05, 0.1) is 13.4 Å². The molecule has 0 aliphatic rings. The van der Waals surface area contributed by atoms with Gasteiger partial charge in [-0.1, -0.05) is 13.8 Å². The summed E-state index contributed by atoms with van der Waals surface area (Å²) in [5.41, 5.74) is 0.857. The van der Waals surface area contributed by atoms with E-state index in [9.17, 15) is 9.59 Å². The highest BCUT2D eigenvalue weighted by molar-refractivity contribution is 5.95. The first-order valence-electron chi connectivity index (χ1n) is 7.62. The summed E-state index contributed by atoms with van der Waals surface area (Å²) in [6, 6.07) is 6.04. The van der Waals surface area contributed by atoms with Gasteiger partial charge in [-0.3, -0.25) is 9.59 Å². The minimum Gasteiger partial charge on any atom is -0.481 e. The molecule has 7 heteroatoms. The van der Waals surface area contributed by atoms with Crippen LogP contribution in [-0.2, 0) is 11.3 Å². The maximum atomic E-state index is 12.4. The monoisotopic (exact) mass is 331 g/mol. The summed E-state index contributed by atoms with van der Waals surface area (Å²) in [5.74, 6) is -0.100. The van der Waals surface area contributed by atoms with Crippen molar-refractivity contribution < 1.29 is 18.7 Å². The summed E-state index contributed by atoms with van der Waals surface area (Å²) < 4.78 is 10.1. The Balaban J connectivity index is 1.97. The number of methoxy groups -OCH3 is 1. The molecule has 0 bridgehead atoms. The Morgan fingerprint density at radius 3 is 2.75 bits per heavy atom. The molecule has 2 heterocycles. The van der Waals surface area contributed by atoms with Gasteiger partial charge < -0.3 is 19.8 Å². The lowest BCUT2D eigenvalue weighted by molar-refractivity contribution is -0.124. The van der Waals surface area contributed by atoms with E-state index < -0.39 is 11.9 Å². The van der Waals surface area contributed by atoms with Crippen molar-refractivity contribution in [3.05, 3.63) is 48.0 Å². The van der Waals surface area contributed by atoms with E-state index in [-0.39, 0.29) is 17.6 Å². The number of nitrogens with one attached hydrogen (secondary N) is 2. The maximum Gasteiger partial charge on any atom is 0.287 e. The standard InChI is InChI=1S/C17H21N3O4/c1-11(2)15(20-16(21)13-5-4-8-24-13)17(22)19-10-12-6-7-18-14(9-12)23-3/h4-9,11,15H,10H2,1-3H3,(H,19,22)(H,20,21). The lowest BCUT2D eigenvalue weighted by Gasteiger charge is -2.21. The van der Waals surface area contributed by atoms with E-state index >= 15 is 0 Å². The molecule has 0 saturated heterocycles. The normalized spacial score (nSPS) is 11.8. The molecule has 0 aliphatic carbocycles. The molecule has 2 N–H and O–H groups in total. The average molecular weight is 331 g/mol. The van der Waals surface area contributed by atoms with Crippen LogP contribution in [0.5, 0.6) is 5.88 Å². The molecule has 24 heavy (non-hydrogen) atoms. The molecular weight excluding hydrogens is 310 g/mol. The SMILES string of the molecule is COc1cc(CNC(=O)C(NC(=O)c2ccco2)C(C)C)ccn1. The van der Waals surface area contributed by atoms with Gasteiger partial charge in [-0.05, 0) is 29.7 Å². The van der Waals surface area contributed by atoms with Crippen LogP contribution in [-0.4, -0.2) is 29.9 Å². The van der Waals surface area contributed by atoms with Crippen LogP contribution in [0.3, 0.4) is 0 Å². The number of aromatic nitrogens is 1. The van der Waals surface area contributed by atoms with Gasteiger partial charge in [-0.25, -0.2) is 4.98 Å².